The lowest BCUT2D eigenvalue weighted by atomic mass is 9.91. The van der Waals surface area contributed by atoms with E-state index in [1.807, 2.05) is 0 Å². The van der Waals surface area contributed by atoms with Crippen LogP contribution in [0.4, 0.5) is 5.69 Å². The largest absolute Gasteiger partial charge is 0.386 e. The van der Waals surface area contributed by atoms with Crippen LogP contribution in [0.2, 0.25) is 0 Å². The fourth-order valence-corrected chi connectivity index (χ4v) is 5.52. The lowest BCUT2D eigenvalue weighted by Gasteiger charge is -2.21. The highest BCUT2D eigenvalue weighted by Gasteiger charge is 2.60. The molecule has 0 saturated carbocycles. The third-order valence-corrected chi connectivity index (χ3v) is 6.70. The molecule has 0 aromatic heterocycles. The molecular formula is C17H21N3OS. The van der Waals surface area contributed by atoms with Gasteiger partial charge in [0.15, 0.2) is 0 Å². The zero-order valence-electron chi connectivity index (χ0n) is 12.9. The molecule has 116 valence electrons. The number of thioether (sulfide) groups is 1. The van der Waals surface area contributed by atoms with Crippen molar-refractivity contribution in [3.05, 3.63) is 35.0 Å². The average Bonchev–Trinajstić information content (AvgIpc) is 2.96. The first kappa shape index (κ1) is 13.3. The molecule has 5 unspecified atom stereocenters. The molecule has 4 aliphatic heterocycles. The number of nitrogens with one attached hydrogen (secondary N) is 2. The number of hydrogen-bond donors (Lipinski definition) is 2. The Morgan fingerprint density at radius 1 is 1.27 bits per heavy atom. The summed E-state index contributed by atoms with van der Waals surface area (Å²) in [6, 6.07) is 7.57. The summed E-state index contributed by atoms with van der Waals surface area (Å²) >= 11 is 2.09. The van der Waals surface area contributed by atoms with E-state index < -0.39 is 0 Å². The van der Waals surface area contributed by atoms with Crippen molar-refractivity contribution in [1.82, 2.24) is 10.2 Å². The normalized spacial score (nSPS) is 38.5. The van der Waals surface area contributed by atoms with Gasteiger partial charge in [0.1, 0.15) is 6.73 Å². The van der Waals surface area contributed by atoms with Gasteiger partial charge < -0.3 is 15.4 Å². The summed E-state index contributed by atoms with van der Waals surface area (Å²) in [5.41, 5.74) is 6.76. The summed E-state index contributed by atoms with van der Waals surface area (Å²) in [4.78, 5) is 2.59. The number of fused-ring (bicyclic) bond motifs is 3. The van der Waals surface area contributed by atoms with Gasteiger partial charge in [-0.05, 0) is 30.2 Å². The van der Waals surface area contributed by atoms with Crippen molar-refractivity contribution in [3.63, 3.8) is 0 Å². The number of ether oxygens (including phenoxy) is 1. The minimum atomic E-state index is 0.539. The molecule has 0 spiro atoms. The zero-order chi connectivity index (χ0) is 14.8. The second-order valence-corrected chi connectivity index (χ2v) is 8.10. The molecule has 4 heterocycles. The fraction of sp³-hybridized carbons (Fsp3) is 0.529. The quantitative estimate of drug-likeness (QED) is 0.779. The molecule has 0 aliphatic carbocycles. The Hall–Kier alpha value is -1.17. The van der Waals surface area contributed by atoms with Crippen LogP contribution in [0.3, 0.4) is 0 Å². The molecule has 22 heavy (non-hydrogen) atoms. The molecule has 1 aromatic rings. The van der Waals surface area contributed by atoms with E-state index in [0.717, 1.165) is 11.9 Å². The first-order valence-corrected chi connectivity index (χ1v) is 9.04. The van der Waals surface area contributed by atoms with Gasteiger partial charge in [-0.1, -0.05) is 13.0 Å². The third-order valence-electron chi connectivity index (χ3n) is 5.28. The van der Waals surface area contributed by atoms with Gasteiger partial charge in [0.05, 0.1) is 23.4 Å². The smallest absolute Gasteiger partial charge is 0.117 e. The van der Waals surface area contributed by atoms with Gasteiger partial charge in [-0.25, -0.2) is 0 Å². The monoisotopic (exact) mass is 315 g/mol. The lowest BCUT2D eigenvalue weighted by Crippen LogP contribution is -2.21. The lowest BCUT2D eigenvalue weighted by molar-refractivity contribution is 0.172. The van der Waals surface area contributed by atoms with Crippen LogP contribution in [-0.2, 0) is 4.74 Å². The Bertz CT molecular complexity index is 674. The maximum Gasteiger partial charge on any atom is 0.117 e. The molecule has 0 radical (unpaired) electrons. The van der Waals surface area contributed by atoms with Crippen molar-refractivity contribution in [2.24, 2.45) is 5.92 Å². The molecule has 5 rings (SSSR count). The van der Waals surface area contributed by atoms with Gasteiger partial charge in [-0.2, -0.15) is 0 Å². The first-order chi connectivity index (χ1) is 10.7. The summed E-state index contributed by atoms with van der Waals surface area (Å²) in [6.45, 7) is 6.88. The fourth-order valence-electron chi connectivity index (χ4n) is 4.08. The number of nitrogens with zero attached hydrogens (tertiary/aromatic N) is 1. The number of hydrogen-bond acceptors (Lipinski definition) is 5. The summed E-state index contributed by atoms with van der Waals surface area (Å²) in [7, 11) is 0. The minimum absolute atomic E-state index is 0.539. The Kier molecular flexibility index (Phi) is 2.82. The van der Waals surface area contributed by atoms with Crippen LogP contribution in [0.15, 0.2) is 23.9 Å². The summed E-state index contributed by atoms with van der Waals surface area (Å²) < 4.78 is 5.70. The van der Waals surface area contributed by atoms with E-state index in [4.69, 9.17) is 4.74 Å². The minimum Gasteiger partial charge on any atom is -0.386 e. The predicted molar refractivity (Wildman–Crippen MR) is 90.4 cm³/mol. The topological polar surface area (TPSA) is 36.3 Å². The molecule has 5 heteroatoms. The Balaban J connectivity index is 1.58. The molecule has 2 fully saturated rings. The molecule has 1 aromatic carbocycles. The van der Waals surface area contributed by atoms with E-state index in [-0.39, 0.29) is 0 Å². The predicted octanol–water partition coefficient (Wildman–Crippen LogP) is 2.81. The van der Waals surface area contributed by atoms with Crippen molar-refractivity contribution >= 4 is 23.0 Å². The van der Waals surface area contributed by atoms with Gasteiger partial charge in [-0.15, -0.1) is 11.8 Å². The molecule has 0 amide bonds. The second kappa shape index (κ2) is 4.66. The molecule has 4 aliphatic rings. The van der Waals surface area contributed by atoms with Crippen LogP contribution >= 0.6 is 11.8 Å². The highest BCUT2D eigenvalue weighted by Crippen LogP contribution is 2.62. The van der Waals surface area contributed by atoms with Crippen LogP contribution in [0.1, 0.15) is 31.0 Å². The summed E-state index contributed by atoms with van der Waals surface area (Å²) in [5, 5.41) is 8.37. The van der Waals surface area contributed by atoms with E-state index in [1.54, 1.807) is 0 Å². The highest BCUT2D eigenvalue weighted by atomic mass is 32.2. The van der Waals surface area contributed by atoms with Gasteiger partial charge in [0, 0.05) is 29.4 Å². The Morgan fingerprint density at radius 3 is 2.95 bits per heavy atom. The Labute approximate surface area is 135 Å². The number of rotatable bonds is 1. The highest BCUT2D eigenvalue weighted by molar-refractivity contribution is 8.02. The van der Waals surface area contributed by atoms with Crippen LogP contribution in [0, 0.1) is 5.92 Å². The summed E-state index contributed by atoms with van der Waals surface area (Å²) in [5.74, 6) is 0.539. The first-order valence-electron chi connectivity index (χ1n) is 8.10. The van der Waals surface area contributed by atoms with Crippen LogP contribution < -0.4 is 10.6 Å². The molecule has 0 bridgehead atoms. The van der Waals surface area contributed by atoms with E-state index in [1.165, 1.54) is 28.1 Å². The van der Waals surface area contributed by atoms with E-state index in [2.05, 4.69) is 59.3 Å². The standard InChI is InChI=1S/C17H21N3OS/c1-9-6-18-14-7-21-8-19-13-4-3-11(5-12(13)15(9)14)16-17-20(16)10(2)22-17/h3-5,9-10,16-19H,6-8H2,1-2H3. The van der Waals surface area contributed by atoms with Gasteiger partial charge in [-0.3, -0.25) is 4.90 Å². The van der Waals surface area contributed by atoms with Crippen LogP contribution in [0.25, 0.3) is 5.57 Å². The van der Waals surface area contributed by atoms with E-state index in [0.29, 0.717) is 30.7 Å². The van der Waals surface area contributed by atoms with E-state index in [9.17, 15) is 0 Å². The zero-order valence-corrected chi connectivity index (χ0v) is 13.7. The maximum absolute atomic E-state index is 5.70. The van der Waals surface area contributed by atoms with Crippen molar-refractivity contribution < 1.29 is 4.74 Å². The number of anilines is 1. The van der Waals surface area contributed by atoms with Crippen molar-refractivity contribution in [1.29, 1.82) is 0 Å². The van der Waals surface area contributed by atoms with Gasteiger partial charge in [0.2, 0.25) is 0 Å². The maximum atomic E-state index is 5.70. The molecule has 4 nitrogen and oxygen atoms in total. The van der Waals surface area contributed by atoms with Crippen LogP contribution in [-0.4, -0.2) is 35.5 Å². The molecular weight excluding hydrogens is 294 g/mol. The SMILES string of the molecule is CC1CNC2=C1c1cc(C3C4SC(C)N43)ccc1NCOC2. The van der Waals surface area contributed by atoms with Gasteiger partial charge in [0.25, 0.3) is 0 Å². The van der Waals surface area contributed by atoms with Crippen molar-refractivity contribution in [2.75, 3.05) is 25.2 Å². The number of benzene rings is 1. The van der Waals surface area contributed by atoms with Crippen LogP contribution in [0.5, 0.6) is 0 Å². The molecule has 2 saturated heterocycles. The van der Waals surface area contributed by atoms with E-state index >= 15 is 0 Å². The molecule has 2 N–H and O–H groups in total. The second-order valence-electron chi connectivity index (χ2n) is 6.67. The van der Waals surface area contributed by atoms with Gasteiger partial charge >= 0.3 is 0 Å². The molecule has 5 atom stereocenters. The summed E-state index contributed by atoms with van der Waals surface area (Å²) in [6.07, 6.45) is 0. The van der Waals surface area contributed by atoms with Crippen molar-refractivity contribution in [3.8, 4) is 0 Å². The average molecular weight is 315 g/mol. The Morgan fingerprint density at radius 2 is 2.18 bits per heavy atom. The third kappa shape index (κ3) is 1.79. The van der Waals surface area contributed by atoms with Crippen molar-refractivity contribution in [2.45, 2.75) is 30.6 Å².